The zero-order valence-electron chi connectivity index (χ0n) is 9.54. The van der Waals surface area contributed by atoms with Crippen molar-refractivity contribution in [3.8, 4) is 0 Å². The molecule has 3 N–H and O–H groups in total. The van der Waals surface area contributed by atoms with Gasteiger partial charge in [0.05, 0.1) is 10.0 Å². The number of thioether (sulfide) groups is 1. The van der Waals surface area contributed by atoms with Gasteiger partial charge < -0.3 is 11.1 Å². The van der Waals surface area contributed by atoms with E-state index in [0.717, 1.165) is 18.1 Å². The second-order valence-electron chi connectivity index (χ2n) is 4.20. The molecule has 0 aromatic carbocycles. The van der Waals surface area contributed by atoms with Gasteiger partial charge in [0.15, 0.2) is 0 Å². The summed E-state index contributed by atoms with van der Waals surface area (Å²) in [5.41, 5.74) is 5.67. The average Bonchev–Trinajstić information content (AvgIpc) is 2.73. The first kappa shape index (κ1) is 13.1. The van der Waals surface area contributed by atoms with Crippen LogP contribution in [0.15, 0.2) is 6.07 Å². The Morgan fingerprint density at radius 2 is 2.18 bits per heavy atom. The van der Waals surface area contributed by atoms with Gasteiger partial charge in [-0.3, -0.25) is 0 Å². The molecule has 0 aliphatic heterocycles. The van der Waals surface area contributed by atoms with Gasteiger partial charge in [-0.1, -0.05) is 23.2 Å². The van der Waals surface area contributed by atoms with Crippen molar-refractivity contribution in [3.63, 3.8) is 0 Å². The summed E-state index contributed by atoms with van der Waals surface area (Å²) in [7, 11) is 0. The Balaban J connectivity index is 2.06. The van der Waals surface area contributed by atoms with Gasteiger partial charge in [-0.2, -0.15) is 11.8 Å². The van der Waals surface area contributed by atoms with E-state index in [0.29, 0.717) is 27.7 Å². The van der Waals surface area contributed by atoms with E-state index in [1.807, 2.05) is 11.8 Å². The maximum Gasteiger partial charge on any atom is 0.147 e. The Hall–Kier alpha value is -0.320. The molecule has 6 heteroatoms. The van der Waals surface area contributed by atoms with Crippen molar-refractivity contribution >= 4 is 46.6 Å². The van der Waals surface area contributed by atoms with Crippen molar-refractivity contribution in [2.24, 2.45) is 0 Å². The SMILES string of the molecule is CSC1CCC(Nc2nc(N)c(Cl)cc2Cl)C1. The molecule has 2 atom stereocenters. The third kappa shape index (κ3) is 3.12. The largest absolute Gasteiger partial charge is 0.382 e. The molecule has 1 saturated carbocycles. The third-order valence-corrected chi connectivity index (χ3v) is 4.70. The van der Waals surface area contributed by atoms with Crippen molar-refractivity contribution in [2.75, 3.05) is 17.3 Å². The van der Waals surface area contributed by atoms with Crippen molar-refractivity contribution in [1.29, 1.82) is 0 Å². The third-order valence-electron chi connectivity index (χ3n) is 3.02. The molecule has 1 aliphatic rings. The minimum Gasteiger partial charge on any atom is -0.382 e. The van der Waals surface area contributed by atoms with E-state index in [1.165, 1.54) is 6.42 Å². The number of nitrogens with two attached hydrogens (primary N) is 1. The summed E-state index contributed by atoms with van der Waals surface area (Å²) < 4.78 is 0. The van der Waals surface area contributed by atoms with E-state index in [1.54, 1.807) is 6.07 Å². The van der Waals surface area contributed by atoms with E-state index in [2.05, 4.69) is 16.6 Å². The van der Waals surface area contributed by atoms with Crippen LogP contribution in [-0.4, -0.2) is 22.5 Å². The fraction of sp³-hybridized carbons (Fsp3) is 0.545. The smallest absolute Gasteiger partial charge is 0.147 e. The molecule has 0 saturated heterocycles. The Bertz CT molecular complexity index is 414. The molecule has 17 heavy (non-hydrogen) atoms. The van der Waals surface area contributed by atoms with E-state index >= 15 is 0 Å². The predicted molar refractivity (Wildman–Crippen MR) is 77.2 cm³/mol. The lowest BCUT2D eigenvalue weighted by Crippen LogP contribution is -2.17. The topological polar surface area (TPSA) is 50.9 Å². The Morgan fingerprint density at radius 1 is 1.41 bits per heavy atom. The van der Waals surface area contributed by atoms with Gasteiger partial charge in [0, 0.05) is 11.3 Å². The number of nitrogens with zero attached hydrogens (tertiary/aromatic N) is 1. The lowest BCUT2D eigenvalue weighted by Gasteiger charge is -2.15. The Labute approximate surface area is 115 Å². The van der Waals surface area contributed by atoms with Gasteiger partial charge in [-0.05, 0) is 31.6 Å². The number of aromatic nitrogens is 1. The van der Waals surface area contributed by atoms with E-state index in [4.69, 9.17) is 28.9 Å². The number of nitrogens with one attached hydrogen (secondary N) is 1. The van der Waals surface area contributed by atoms with Crippen molar-refractivity contribution in [3.05, 3.63) is 16.1 Å². The summed E-state index contributed by atoms with van der Waals surface area (Å²) >= 11 is 13.8. The minimum absolute atomic E-state index is 0.318. The van der Waals surface area contributed by atoms with Gasteiger partial charge in [0.1, 0.15) is 11.6 Å². The van der Waals surface area contributed by atoms with Crippen LogP contribution in [0.5, 0.6) is 0 Å². The van der Waals surface area contributed by atoms with Crippen LogP contribution in [0.2, 0.25) is 10.0 Å². The number of hydrogen-bond donors (Lipinski definition) is 2. The first-order valence-electron chi connectivity index (χ1n) is 5.51. The number of anilines is 2. The lowest BCUT2D eigenvalue weighted by atomic mass is 10.2. The average molecular weight is 292 g/mol. The van der Waals surface area contributed by atoms with Crippen LogP contribution in [0.1, 0.15) is 19.3 Å². The van der Waals surface area contributed by atoms with Crippen LogP contribution in [0.4, 0.5) is 11.6 Å². The van der Waals surface area contributed by atoms with Crippen molar-refractivity contribution < 1.29 is 0 Å². The number of halogens is 2. The number of rotatable bonds is 3. The van der Waals surface area contributed by atoms with Crippen LogP contribution >= 0.6 is 35.0 Å². The first-order chi connectivity index (χ1) is 8.10. The fourth-order valence-corrected chi connectivity index (χ4v) is 3.27. The van der Waals surface area contributed by atoms with E-state index < -0.39 is 0 Å². The molecule has 2 rings (SSSR count). The standard InChI is InChI=1S/C11H15Cl2N3S/c1-17-7-3-2-6(4-7)15-11-9(13)5-8(12)10(14)16-11/h5-7H,2-4H2,1H3,(H3,14,15,16). The van der Waals surface area contributed by atoms with Crippen molar-refractivity contribution in [1.82, 2.24) is 4.98 Å². The van der Waals surface area contributed by atoms with Gasteiger partial charge in [-0.15, -0.1) is 0 Å². The monoisotopic (exact) mass is 291 g/mol. The maximum atomic E-state index is 6.08. The Kier molecular flexibility index (Phi) is 4.28. The van der Waals surface area contributed by atoms with Crippen LogP contribution < -0.4 is 11.1 Å². The summed E-state index contributed by atoms with van der Waals surface area (Å²) in [5, 5.41) is 5.00. The molecule has 94 valence electrons. The molecular formula is C11H15Cl2N3S. The molecular weight excluding hydrogens is 277 g/mol. The zero-order valence-corrected chi connectivity index (χ0v) is 11.9. The van der Waals surface area contributed by atoms with Gasteiger partial charge in [-0.25, -0.2) is 4.98 Å². The van der Waals surface area contributed by atoms with Crippen molar-refractivity contribution in [2.45, 2.75) is 30.6 Å². The summed E-state index contributed by atoms with van der Waals surface area (Å²) in [6.07, 6.45) is 5.67. The molecule has 1 aliphatic carbocycles. The molecule has 0 radical (unpaired) electrons. The molecule has 0 amide bonds. The van der Waals surface area contributed by atoms with Gasteiger partial charge in [0.25, 0.3) is 0 Å². The summed E-state index contributed by atoms with van der Waals surface area (Å²) in [6, 6.07) is 2.06. The predicted octanol–water partition coefficient (Wildman–Crippen LogP) is 3.67. The summed E-state index contributed by atoms with van der Waals surface area (Å²) in [4.78, 5) is 4.18. The fourth-order valence-electron chi connectivity index (χ4n) is 2.06. The van der Waals surface area contributed by atoms with Crippen LogP contribution in [0.25, 0.3) is 0 Å². The van der Waals surface area contributed by atoms with E-state index in [9.17, 15) is 0 Å². The lowest BCUT2D eigenvalue weighted by molar-refractivity contribution is 0.752. The van der Waals surface area contributed by atoms with Crippen LogP contribution in [0.3, 0.4) is 0 Å². The number of nitrogen functional groups attached to an aromatic ring is 1. The molecule has 1 aromatic heterocycles. The second-order valence-corrected chi connectivity index (χ2v) is 6.15. The number of hydrogen-bond acceptors (Lipinski definition) is 4. The molecule has 1 heterocycles. The highest BCUT2D eigenvalue weighted by Gasteiger charge is 2.24. The first-order valence-corrected chi connectivity index (χ1v) is 7.55. The molecule has 1 fully saturated rings. The highest BCUT2D eigenvalue weighted by Crippen LogP contribution is 2.33. The molecule has 0 spiro atoms. The van der Waals surface area contributed by atoms with Crippen LogP contribution in [0, 0.1) is 0 Å². The molecule has 3 nitrogen and oxygen atoms in total. The van der Waals surface area contributed by atoms with Crippen LogP contribution in [-0.2, 0) is 0 Å². The van der Waals surface area contributed by atoms with E-state index in [-0.39, 0.29) is 0 Å². The zero-order chi connectivity index (χ0) is 12.4. The highest BCUT2D eigenvalue weighted by atomic mass is 35.5. The van der Waals surface area contributed by atoms with Gasteiger partial charge in [0.2, 0.25) is 0 Å². The maximum absolute atomic E-state index is 6.08. The van der Waals surface area contributed by atoms with Gasteiger partial charge >= 0.3 is 0 Å². The Morgan fingerprint density at radius 3 is 2.82 bits per heavy atom. The highest BCUT2D eigenvalue weighted by molar-refractivity contribution is 7.99. The summed E-state index contributed by atoms with van der Waals surface area (Å²) in [6.45, 7) is 0. The molecule has 0 bridgehead atoms. The molecule has 2 unspecified atom stereocenters. The summed E-state index contributed by atoms with van der Waals surface area (Å²) in [5.74, 6) is 0.957. The quantitative estimate of drug-likeness (QED) is 0.892. The normalized spacial score (nSPS) is 23.9. The minimum atomic E-state index is 0.318. The molecule has 1 aromatic rings. The number of pyridine rings is 1. The second kappa shape index (κ2) is 5.55.